The molecular formula is C13H22Ru. The minimum Gasteiger partial charge on any atom is -0.358 e. The maximum absolute atomic E-state index is 3.56. The average molecular weight is 279 g/mol. The van der Waals surface area contributed by atoms with Crippen molar-refractivity contribution in [2.45, 2.75) is 20.8 Å². The van der Waals surface area contributed by atoms with Crippen LogP contribution in [0.3, 0.4) is 0 Å². The van der Waals surface area contributed by atoms with Gasteiger partial charge in [0, 0.05) is 0 Å². The van der Waals surface area contributed by atoms with Gasteiger partial charge in [0.05, 0.1) is 0 Å². The Hall–Kier alpha value is -0.417. The molecule has 14 heavy (non-hydrogen) atoms. The second-order valence-corrected chi connectivity index (χ2v) is 2.86. The predicted molar refractivity (Wildman–Crippen MR) is 64.5 cm³/mol. The fraction of sp³-hybridized carbons (Fsp3) is 0.231. The summed E-state index contributed by atoms with van der Waals surface area (Å²) in [4.78, 5) is 0. The van der Waals surface area contributed by atoms with E-state index in [4.69, 9.17) is 0 Å². The molecule has 0 aromatic heterocycles. The maximum atomic E-state index is 3.56. The van der Waals surface area contributed by atoms with Crippen molar-refractivity contribution in [3.05, 3.63) is 62.9 Å². The van der Waals surface area contributed by atoms with Crippen LogP contribution in [-0.4, -0.2) is 0 Å². The third-order valence-corrected chi connectivity index (χ3v) is 0.940. The molecule has 0 unspecified atom stereocenters. The standard InChI is InChI=1S/C7H8.C4H8.2CH3.Ru/c1-7-5-3-2-4-6-7;1-4(2)3;;;/h2-6H,1H3;1H2,2-3H3;2*1H3;/q;;2*-1;+2. The average Bonchev–Trinajstić information content (AvgIpc) is 1.87. The summed E-state index contributed by atoms with van der Waals surface area (Å²) >= 11 is 0. The van der Waals surface area contributed by atoms with Gasteiger partial charge in [0.2, 0.25) is 0 Å². The summed E-state index contributed by atoms with van der Waals surface area (Å²) in [6.07, 6.45) is 0. The number of allylic oxidation sites excluding steroid dienone is 1. The molecule has 82 valence electrons. The van der Waals surface area contributed by atoms with Crippen LogP contribution >= 0.6 is 0 Å². The molecule has 1 heteroatoms. The Labute approximate surface area is 103 Å². The molecule has 0 aliphatic carbocycles. The third kappa shape index (κ3) is 22.6. The van der Waals surface area contributed by atoms with Crippen molar-refractivity contribution in [2.24, 2.45) is 0 Å². The zero-order valence-electron chi connectivity index (χ0n) is 9.95. The summed E-state index contributed by atoms with van der Waals surface area (Å²) in [6.45, 7) is 9.58. The van der Waals surface area contributed by atoms with E-state index in [1.165, 1.54) is 11.1 Å². The van der Waals surface area contributed by atoms with Crippen molar-refractivity contribution in [1.82, 2.24) is 0 Å². The van der Waals surface area contributed by atoms with Gasteiger partial charge in [0.25, 0.3) is 0 Å². The zero-order chi connectivity index (χ0) is 8.69. The van der Waals surface area contributed by atoms with Crippen LogP contribution in [0.15, 0.2) is 42.5 Å². The Balaban J connectivity index is -0.0000000650. The molecule has 0 N–H and O–H groups in total. The van der Waals surface area contributed by atoms with Gasteiger partial charge >= 0.3 is 19.5 Å². The molecule has 1 rings (SSSR count). The van der Waals surface area contributed by atoms with E-state index in [0.29, 0.717) is 0 Å². The first-order valence-electron chi connectivity index (χ1n) is 3.76. The molecule has 0 bridgehead atoms. The fourth-order valence-corrected chi connectivity index (χ4v) is 0.534. The summed E-state index contributed by atoms with van der Waals surface area (Å²) in [5.41, 5.74) is 2.49. The summed E-state index contributed by atoms with van der Waals surface area (Å²) in [6, 6.07) is 10.3. The van der Waals surface area contributed by atoms with Crippen molar-refractivity contribution in [2.75, 3.05) is 0 Å². The molecule has 0 atom stereocenters. The van der Waals surface area contributed by atoms with Crippen molar-refractivity contribution in [1.29, 1.82) is 0 Å². The van der Waals surface area contributed by atoms with E-state index in [9.17, 15) is 0 Å². The van der Waals surface area contributed by atoms with Gasteiger partial charge in [-0.1, -0.05) is 41.5 Å². The molecule has 0 radical (unpaired) electrons. The van der Waals surface area contributed by atoms with Gasteiger partial charge in [0.1, 0.15) is 0 Å². The quantitative estimate of drug-likeness (QED) is 0.373. The second-order valence-electron chi connectivity index (χ2n) is 2.86. The first kappa shape index (κ1) is 23.4. The molecule has 0 spiro atoms. The smallest absolute Gasteiger partial charge is 0.358 e. The maximum Gasteiger partial charge on any atom is 2.00 e. The number of hydrogen-bond donors (Lipinski definition) is 0. The summed E-state index contributed by atoms with van der Waals surface area (Å²) in [5, 5.41) is 0. The normalized spacial score (nSPS) is 6.21. The minimum atomic E-state index is 0. The predicted octanol–water partition coefficient (Wildman–Crippen LogP) is 4.48. The van der Waals surface area contributed by atoms with Gasteiger partial charge in [-0.3, -0.25) is 0 Å². The molecule has 1 aromatic carbocycles. The number of rotatable bonds is 0. The topological polar surface area (TPSA) is 0 Å². The molecule has 0 saturated carbocycles. The van der Waals surface area contributed by atoms with E-state index in [1.807, 2.05) is 32.0 Å². The molecule has 0 heterocycles. The van der Waals surface area contributed by atoms with Crippen LogP contribution in [0, 0.1) is 21.8 Å². The molecule has 0 amide bonds. The van der Waals surface area contributed by atoms with Crippen LogP contribution in [0.1, 0.15) is 19.4 Å². The van der Waals surface area contributed by atoms with Gasteiger partial charge in [-0.05, 0) is 20.8 Å². The fourth-order valence-electron chi connectivity index (χ4n) is 0.534. The Morgan fingerprint density at radius 3 is 1.43 bits per heavy atom. The Morgan fingerprint density at radius 2 is 1.29 bits per heavy atom. The molecule has 0 aliphatic heterocycles. The third-order valence-electron chi connectivity index (χ3n) is 0.940. The van der Waals surface area contributed by atoms with Crippen LogP contribution in [0.2, 0.25) is 0 Å². The van der Waals surface area contributed by atoms with E-state index in [1.54, 1.807) is 0 Å². The molecule has 0 saturated heterocycles. The SMILES string of the molecule is C=C(C)C.Cc1ccccc1.[CH3-].[CH3-].[Ru+2]. The van der Waals surface area contributed by atoms with Crippen molar-refractivity contribution >= 4 is 0 Å². The summed E-state index contributed by atoms with van der Waals surface area (Å²) in [7, 11) is 0. The van der Waals surface area contributed by atoms with Crippen LogP contribution in [0.4, 0.5) is 0 Å². The summed E-state index contributed by atoms with van der Waals surface area (Å²) < 4.78 is 0. The molecule has 1 aromatic rings. The van der Waals surface area contributed by atoms with Gasteiger partial charge in [0.15, 0.2) is 0 Å². The minimum absolute atomic E-state index is 0. The summed E-state index contributed by atoms with van der Waals surface area (Å²) in [5.74, 6) is 0. The molecule has 0 fully saturated rings. The van der Waals surface area contributed by atoms with Crippen LogP contribution in [-0.2, 0) is 19.5 Å². The van der Waals surface area contributed by atoms with E-state index < -0.39 is 0 Å². The largest absolute Gasteiger partial charge is 2.00 e. The monoisotopic (exact) mass is 280 g/mol. The van der Waals surface area contributed by atoms with Gasteiger partial charge in [-0.2, -0.15) is 0 Å². The van der Waals surface area contributed by atoms with Crippen LogP contribution in [0.5, 0.6) is 0 Å². The Morgan fingerprint density at radius 1 is 1.00 bits per heavy atom. The molecular weight excluding hydrogens is 257 g/mol. The van der Waals surface area contributed by atoms with Gasteiger partial charge in [-0.15, -0.1) is 6.58 Å². The Bertz CT molecular complexity index is 198. The van der Waals surface area contributed by atoms with E-state index in [2.05, 4.69) is 25.6 Å². The van der Waals surface area contributed by atoms with Gasteiger partial charge < -0.3 is 14.9 Å². The number of aryl methyl sites for hydroxylation is 1. The van der Waals surface area contributed by atoms with Crippen molar-refractivity contribution in [3.8, 4) is 0 Å². The first-order valence-corrected chi connectivity index (χ1v) is 3.76. The van der Waals surface area contributed by atoms with E-state index in [-0.39, 0.29) is 34.3 Å². The van der Waals surface area contributed by atoms with Crippen LogP contribution < -0.4 is 0 Å². The number of hydrogen-bond acceptors (Lipinski definition) is 0. The number of benzene rings is 1. The molecule has 0 aliphatic rings. The van der Waals surface area contributed by atoms with Crippen molar-refractivity contribution < 1.29 is 19.5 Å². The molecule has 0 nitrogen and oxygen atoms in total. The zero-order valence-corrected chi connectivity index (χ0v) is 11.7. The van der Waals surface area contributed by atoms with Crippen LogP contribution in [0.25, 0.3) is 0 Å². The van der Waals surface area contributed by atoms with E-state index in [0.717, 1.165) is 0 Å². The van der Waals surface area contributed by atoms with Crippen molar-refractivity contribution in [3.63, 3.8) is 0 Å². The Kier molecular flexibility index (Phi) is 25.2. The van der Waals surface area contributed by atoms with Gasteiger partial charge in [-0.25, -0.2) is 0 Å². The van der Waals surface area contributed by atoms with E-state index >= 15 is 0 Å². The second kappa shape index (κ2) is 15.1. The first-order chi connectivity index (χ1) is 5.13.